The summed E-state index contributed by atoms with van der Waals surface area (Å²) in [5.41, 5.74) is 0.987. The molecule has 0 bridgehead atoms. The third-order valence-corrected chi connectivity index (χ3v) is 3.08. The van der Waals surface area contributed by atoms with Gasteiger partial charge in [0.15, 0.2) is 0 Å². The average molecular weight is 237 g/mol. The van der Waals surface area contributed by atoms with E-state index in [9.17, 15) is 9.90 Å². The van der Waals surface area contributed by atoms with Crippen molar-refractivity contribution in [1.29, 1.82) is 0 Å². The molecule has 0 aliphatic carbocycles. The zero-order valence-corrected chi connectivity index (χ0v) is 9.54. The Morgan fingerprint density at radius 3 is 2.59 bits per heavy atom. The van der Waals surface area contributed by atoms with Gasteiger partial charge in [-0.1, -0.05) is 12.1 Å². The minimum Gasteiger partial charge on any atom is -0.497 e. The van der Waals surface area contributed by atoms with E-state index in [1.165, 1.54) is 4.90 Å². The number of aliphatic hydroxyl groups is 1. The molecule has 17 heavy (non-hydrogen) atoms. The van der Waals surface area contributed by atoms with E-state index < -0.39 is 12.2 Å². The van der Waals surface area contributed by atoms with Crippen LogP contribution >= 0.6 is 0 Å². The van der Waals surface area contributed by atoms with Crippen molar-refractivity contribution >= 4 is 6.09 Å². The maximum atomic E-state index is 10.8. The van der Waals surface area contributed by atoms with Gasteiger partial charge in [0.1, 0.15) is 5.75 Å². The number of rotatable bonds is 3. The molecule has 5 heteroatoms. The Morgan fingerprint density at radius 1 is 1.47 bits per heavy atom. The predicted molar refractivity (Wildman–Crippen MR) is 61.2 cm³/mol. The monoisotopic (exact) mass is 237 g/mol. The molecule has 1 amide bonds. The van der Waals surface area contributed by atoms with Crippen LogP contribution in [0.2, 0.25) is 0 Å². The largest absolute Gasteiger partial charge is 0.497 e. The van der Waals surface area contributed by atoms with Crippen LogP contribution in [-0.2, 0) is 6.42 Å². The predicted octanol–water partition coefficient (Wildman–Crippen LogP) is 0.961. The number of ether oxygens (including phenoxy) is 1. The summed E-state index contributed by atoms with van der Waals surface area (Å²) in [6.45, 7) is 0.205. The van der Waals surface area contributed by atoms with E-state index in [0.29, 0.717) is 6.42 Å². The molecule has 0 saturated carbocycles. The second kappa shape index (κ2) is 4.63. The highest BCUT2D eigenvalue weighted by atomic mass is 16.5. The van der Waals surface area contributed by atoms with E-state index >= 15 is 0 Å². The summed E-state index contributed by atoms with van der Waals surface area (Å²) >= 11 is 0. The number of benzene rings is 1. The number of likely N-dealkylation sites (tertiary alicyclic amines) is 1. The highest BCUT2D eigenvalue weighted by Gasteiger charge is 2.40. The second-order valence-corrected chi connectivity index (χ2v) is 4.12. The molecule has 1 aromatic rings. The Labute approximate surface area is 99.2 Å². The van der Waals surface area contributed by atoms with Gasteiger partial charge in [0.25, 0.3) is 0 Å². The van der Waals surface area contributed by atoms with Crippen LogP contribution < -0.4 is 4.74 Å². The topological polar surface area (TPSA) is 70.0 Å². The number of amides is 1. The summed E-state index contributed by atoms with van der Waals surface area (Å²) in [7, 11) is 1.59. The highest BCUT2D eigenvalue weighted by Crippen LogP contribution is 2.23. The molecule has 0 spiro atoms. The first kappa shape index (κ1) is 11.7. The standard InChI is InChI=1S/C12H15NO4/c1-17-9-4-2-8(3-5-9)6-10-11(14)7-13(10)12(15)16/h2-5,10-11,14H,6-7H2,1H3,(H,15,16)/t10-,11?/m0/s1. The van der Waals surface area contributed by atoms with E-state index in [2.05, 4.69) is 0 Å². The van der Waals surface area contributed by atoms with E-state index in [1.807, 2.05) is 24.3 Å². The Hall–Kier alpha value is -1.75. The van der Waals surface area contributed by atoms with E-state index in [0.717, 1.165) is 11.3 Å². The van der Waals surface area contributed by atoms with Gasteiger partial charge in [0.2, 0.25) is 0 Å². The fraction of sp³-hybridized carbons (Fsp3) is 0.417. The number of methoxy groups -OCH3 is 1. The van der Waals surface area contributed by atoms with Gasteiger partial charge in [0.05, 0.1) is 25.8 Å². The molecule has 0 radical (unpaired) electrons. The van der Waals surface area contributed by atoms with Crippen LogP contribution in [0, 0.1) is 0 Å². The second-order valence-electron chi connectivity index (χ2n) is 4.12. The first-order valence-corrected chi connectivity index (χ1v) is 5.42. The molecule has 1 unspecified atom stereocenters. The van der Waals surface area contributed by atoms with Crippen molar-refractivity contribution in [3.8, 4) is 5.75 Å². The molecule has 92 valence electrons. The molecule has 1 aliphatic rings. The number of carbonyl (C=O) groups is 1. The van der Waals surface area contributed by atoms with Crippen molar-refractivity contribution in [1.82, 2.24) is 4.90 Å². The van der Waals surface area contributed by atoms with E-state index in [-0.39, 0.29) is 12.6 Å². The molecule has 2 N–H and O–H groups in total. The Bertz CT molecular complexity index is 403. The van der Waals surface area contributed by atoms with Gasteiger partial charge in [-0.15, -0.1) is 0 Å². The van der Waals surface area contributed by atoms with Crippen LogP contribution in [0.15, 0.2) is 24.3 Å². The normalized spacial score (nSPS) is 23.1. The Kier molecular flexibility index (Phi) is 3.19. The van der Waals surface area contributed by atoms with Crippen LogP contribution in [0.1, 0.15) is 5.56 Å². The SMILES string of the molecule is COc1ccc(C[C@H]2C(O)CN2C(=O)O)cc1. The number of hydrogen-bond acceptors (Lipinski definition) is 3. The molecule has 0 aromatic heterocycles. The van der Waals surface area contributed by atoms with Crippen molar-refractivity contribution in [2.45, 2.75) is 18.6 Å². The van der Waals surface area contributed by atoms with Crippen molar-refractivity contribution < 1.29 is 19.7 Å². The molecule has 2 rings (SSSR count). The highest BCUT2D eigenvalue weighted by molar-refractivity contribution is 5.67. The van der Waals surface area contributed by atoms with Gasteiger partial charge in [-0.05, 0) is 24.1 Å². The first-order valence-electron chi connectivity index (χ1n) is 5.42. The molecule has 1 aromatic carbocycles. The zero-order valence-electron chi connectivity index (χ0n) is 9.54. The van der Waals surface area contributed by atoms with Crippen molar-refractivity contribution in [3.05, 3.63) is 29.8 Å². The number of carboxylic acid groups (broad SMARTS) is 1. The minimum absolute atomic E-state index is 0.205. The van der Waals surface area contributed by atoms with Gasteiger partial charge >= 0.3 is 6.09 Å². The fourth-order valence-corrected chi connectivity index (χ4v) is 2.00. The molecule has 1 saturated heterocycles. The minimum atomic E-state index is -0.978. The number of nitrogens with zero attached hydrogens (tertiary/aromatic N) is 1. The lowest BCUT2D eigenvalue weighted by Gasteiger charge is -2.43. The molecule has 1 heterocycles. The summed E-state index contributed by atoms with van der Waals surface area (Å²) in [5.74, 6) is 0.762. The van der Waals surface area contributed by atoms with Crippen LogP contribution in [-0.4, -0.2) is 47.0 Å². The lowest BCUT2D eigenvalue weighted by Crippen LogP contribution is -2.62. The number of β-amino-alcohol motifs (C(OH)–C–C–N with tert-alkyl or cyclic N) is 1. The lowest BCUT2D eigenvalue weighted by molar-refractivity contribution is -0.0456. The quantitative estimate of drug-likeness (QED) is 0.821. The van der Waals surface area contributed by atoms with Crippen LogP contribution in [0.5, 0.6) is 5.75 Å². The van der Waals surface area contributed by atoms with Crippen LogP contribution in [0.4, 0.5) is 4.79 Å². The number of aliphatic hydroxyl groups excluding tert-OH is 1. The maximum Gasteiger partial charge on any atom is 0.407 e. The Balaban J connectivity index is 2.02. The molecule has 5 nitrogen and oxygen atoms in total. The lowest BCUT2D eigenvalue weighted by atomic mass is 9.93. The molecule has 1 fully saturated rings. The fourth-order valence-electron chi connectivity index (χ4n) is 2.00. The first-order chi connectivity index (χ1) is 8.11. The summed E-state index contributed by atoms with van der Waals surface area (Å²) in [4.78, 5) is 12.1. The van der Waals surface area contributed by atoms with Crippen LogP contribution in [0.3, 0.4) is 0 Å². The number of hydrogen-bond donors (Lipinski definition) is 2. The maximum absolute atomic E-state index is 10.8. The van der Waals surface area contributed by atoms with Crippen molar-refractivity contribution in [2.75, 3.05) is 13.7 Å². The van der Waals surface area contributed by atoms with Gasteiger partial charge in [0, 0.05) is 0 Å². The molecule has 2 atom stereocenters. The molecular formula is C12H15NO4. The van der Waals surface area contributed by atoms with Gasteiger partial charge in [-0.2, -0.15) is 0 Å². The van der Waals surface area contributed by atoms with Gasteiger partial charge in [-0.25, -0.2) is 4.79 Å². The van der Waals surface area contributed by atoms with E-state index in [1.54, 1.807) is 7.11 Å². The van der Waals surface area contributed by atoms with Gasteiger partial charge in [-0.3, -0.25) is 4.90 Å². The summed E-state index contributed by atoms with van der Waals surface area (Å²) in [6, 6.07) is 7.08. The zero-order chi connectivity index (χ0) is 12.4. The summed E-state index contributed by atoms with van der Waals surface area (Å²) in [6.07, 6.45) is -1.01. The summed E-state index contributed by atoms with van der Waals surface area (Å²) in [5, 5.41) is 18.4. The third kappa shape index (κ3) is 2.34. The Morgan fingerprint density at radius 2 is 2.12 bits per heavy atom. The smallest absolute Gasteiger partial charge is 0.407 e. The van der Waals surface area contributed by atoms with Gasteiger partial charge < -0.3 is 14.9 Å². The van der Waals surface area contributed by atoms with Crippen molar-refractivity contribution in [2.24, 2.45) is 0 Å². The van der Waals surface area contributed by atoms with E-state index in [4.69, 9.17) is 9.84 Å². The summed E-state index contributed by atoms with van der Waals surface area (Å²) < 4.78 is 5.04. The molecular weight excluding hydrogens is 222 g/mol. The third-order valence-electron chi connectivity index (χ3n) is 3.08. The van der Waals surface area contributed by atoms with Crippen LogP contribution in [0.25, 0.3) is 0 Å². The molecule has 1 aliphatic heterocycles. The average Bonchev–Trinajstić information content (AvgIpc) is 2.33. The van der Waals surface area contributed by atoms with Crippen molar-refractivity contribution in [3.63, 3.8) is 0 Å².